The highest BCUT2D eigenvalue weighted by Crippen LogP contribution is 2.25. The predicted octanol–water partition coefficient (Wildman–Crippen LogP) is 3.57. The number of rotatable bonds is 6. The number of hydrogen-bond donors (Lipinski definition) is 1. The summed E-state index contributed by atoms with van der Waals surface area (Å²) < 4.78 is 11.0. The lowest BCUT2D eigenvalue weighted by atomic mass is 10.1. The fraction of sp³-hybridized carbons (Fsp3) is 0.316. The Hall–Kier alpha value is -2.49. The van der Waals surface area contributed by atoms with Crippen molar-refractivity contribution in [3.05, 3.63) is 59.2 Å². The third-order valence-electron chi connectivity index (χ3n) is 3.74. The van der Waals surface area contributed by atoms with Crippen molar-refractivity contribution in [2.45, 2.75) is 26.8 Å². The number of para-hydroxylation sites is 2. The second-order valence-corrected chi connectivity index (χ2v) is 5.54. The molecule has 2 aromatic carbocycles. The van der Waals surface area contributed by atoms with Crippen LogP contribution < -0.4 is 14.8 Å². The number of carbonyl (C=O) groups is 1. The van der Waals surface area contributed by atoms with Crippen molar-refractivity contribution in [1.29, 1.82) is 0 Å². The summed E-state index contributed by atoms with van der Waals surface area (Å²) in [6, 6.07) is 13.4. The molecule has 1 amide bonds. The number of amides is 1. The summed E-state index contributed by atoms with van der Waals surface area (Å²) in [6.07, 6.45) is 0. The van der Waals surface area contributed by atoms with Crippen LogP contribution in [0.5, 0.6) is 11.5 Å². The zero-order valence-corrected chi connectivity index (χ0v) is 14.1. The molecule has 1 N–H and O–H groups in total. The van der Waals surface area contributed by atoms with Gasteiger partial charge in [0.15, 0.2) is 6.61 Å². The summed E-state index contributed by atoms with van der Waals surface area (Å²) in [4.78, 5) is 12.1. The molecule has 2 rings (SSSR count). The zero-order valence-electron chi connectivity index (χ0n) is 14.1. The molecule has 0 saturated carbocycles. The summed E-state index contributed by atoms with van der Waals surface area (Å²) in [5.74, 6) is 1.37. The van der Waals surface area contributed by atoms with Crippen LogP contribution in [-0.4, -0.2) is 19.6 Å². The molecule has 0 bridgehead atoms. The topological polar surface area (TPSA) is 47.6 Å². The fourth-order valence-corrected chi connectivity index (χ4v) is 2.55. The molecular weight excluding hydrogens is 290 g/mol. The van der Waals surface area contributed by atoms with Crippen molar-refractivity contribution in [1.82, 2.24) is 5.32 Å². The Balaban J connectivity index is 1.97. The summed E-state index contributed by atoms with van der Waals surface area (Å²) in [7, 11) is 1.62. The predicted molar refractivity (Wildman–Crippen MR) is 91.0 cm³/mol. The van der Waals surface area contributed by atoms with Gasteiger partial charge in [-0.25, -0.2) is 0 Å². The van der Waals surface area contributed by atoms with Gasteiger partial charge in [-0.3, -0.25) is 4.79 Å². The average Bonchev–Trinajstić information content (AvgIpc) is 2.54. The maximum Gasteiger partial charge on any atom is 0.258 e. The molecule has 1 atom stereocenters. The lowest BCUT2D eigenvalue weighted by molar-refractivity contribution is -0.123. The van der Waals surface area contributed by atoms with Gasteiger partial charge in [0.25, 0.3) is 5.91 Å². The van der Waals surface area contributed by atoms with E-state index in [0.29, 0.717) is 0 Å². The molecular formula is C19H23NO3. The van der Waals surface area contributed by atoms with Gasteiger partial charge in [-0.2, -0.15) is 0 Å². The van der Waals surface area contributed by atoms with Crippen LogP contribution in [0, 0.1) is 13.8 Å². The number of nitrogens with one attached hydrogen (secondary N) is 1. The first-order chi connectivity index (χ1) is 11.0. The van der Waals surface area contributed by atoms with E-state index in [1.165, 1.54) is 0 Å². The van der Waals surface area contributed by atoms with Crippen LogP contribution in [0.1, 0.15) is 29.7 Å². The van der Waals surface area contributed by atoms with E-state index in [1.54, 1.807) is 7.11 Å². The quantitative estimate of drug-likeness (QED) is 0.887. The molecule has 0 aliphatic heterocycles. The maximum absolute atomic E-state index is 12.1. The van der Waals surface area contributed by atoms with E-state index in [2.05, 4.69) is 5.32 Å². The van der Waals surface area contributed by atoms with E-state index in [9.17, 15) is 4.79 Å². The minimum Gasteiger partial charge on any atom is -0.496 e. The van der Waals surface area contributed by atoms with E-state index in [0.717, 1.165) is 28.2 Å². The highest BCUT2D eigenvalue weighted by atomic mass is 16.5. The third-order valence-corrected chi connectivity index (χ3v) is 3.74. The second kappa shape index (κ2) is 7.68. The Kier molecular flexibility index (Phi) is 5.63. The van der Waals surface area contributed by atoms with Crippen molar-refractivity contribution in [3.8, 4) is 11.5 Å². The molecule has 0 aliphatic rings. The number of methoxy groups -OCH3 is 1. The summed E-state index contributed by atoms with van der Waals surface area (Å²) in [6.45, 7) is 5.86. The van der Waals surface area contributed by atoms with Crippen molar-refractivity contribution in [2.75, 3.05) is 13.7 Å². The van der Waals surface area contributed by atoms with Gasteiger partial charge in [-0.15, -0.1) is 0 Å². The molecule has 4 nitrogen and oxygen atoms in total. The van der Waals surface area contributed by atoms with Crippen LogP contribution in [0.15, 0.2) is 42.5 Å². The van der Waals surface area contributed by atoms with Crippen LogP contribution in [0.25, 0.3) is 0 Å². The normalized spacial score (nSPS) is 11.7. The molecule has 0 aliphatic carbocycles. The van der Waals surface area contributed by atoms with Crippen LogP contribution in [0.4, 0.5) is 0 Å². The Bertz CT molecular complexity index is 662. The molecule has 23 heavy (non-hydrogen) atoms. The van der Waals surface area contributed by atoms with Crippen molar-refractivity contribution >= 4 is 5.91 Å². The van der Waals surface area contributed by atoms with Crippen LogP contribution in [-0.2, 0) is 4.79 Å². The minimum atomic E-state index is -0.161. The van der Waals surface area contributed by atoms with E-state index < -0.39 is 0 Å². The second-order valence-electron chi connectivity index (χ2n) is 5.54. The zero-order chi connectivity index (χ0) is 16.8. The van der Waals surface area contributed by atoms with Crippen molar-refractivity contribution in [2.24, 2.45) is 0 Å². The van der Waals surface area contributed by atoms with Gasteiger partial charge in [0.1, 0.15) is 11.5 Å². The smallest absolute Gasteiger partial charge is 0.258 e. The largest absolute Gasteiger partial charge is 0.496 e. The number of aryl methyl sites for hydroxylation is 2. The molecule has 2 aromatic rings. The van der Waals surface area contributed by atoms with Crippen LogP contribution in [0.3, 0.4) is 0 Å². The van der Waals surface area contributed by atoms with Gasteiger partial charge in [0.05, 0.1) is 13.2 Å². The number of hydrogen-bond acceptors (Lipinski definition) is 3. The van der Waals surface area contributed by atoms with E-state index in [-0.39, 0.29) is 18.6 Å². The Labute approximate surface area is 137 Å². The van der Waals surface area contributed by atoms with Gasteiger partial charge < -0.3 is 14.8 Å². The SMILES string of the molecule is COc1ccccc1[C@@H](C)NC(=O)COc1c(C)cccc1C. The molecule has 0 unspecified atom stereocenters. The lowest BCUT2D eigenvalue weighted by Crippen LogP contribution is -2.31. The van der Waals surface area contributed by atoms with Gasteiger partial charge in [0, 0.05) is 5.56 Å². The monoisotopic (exact) mass is 313 g/mol. The summed E-state index contributed by atoms with van der Waals surface area (Å²) in [5, 5.41) is 2.94. The first kappa shape index (κ1) is 16.9. The maximum atomic E-state index is 12.1. The average molecular weight is 313 g/mol. The van der Waals surface area contributed by atoms with Crippen LogP contribution >= 0.6 is 0 Å². The van der Waals surface area contributed by atoms with E-state index in [4.69, 9.17) is 9.47 Å². The lowest BCUT2D eigenvalue weighted by Gasteiger charge is -2.18. The molecule has 0 spiro atoms. The molecule has 4 heteroatoms. The molecule has 0 aromatic heterocycles. The number of ether oxygens (including phenoxy) is 2. The standard InChI is InChI=1S/C19H23NO3/c1-13-8-7-9-14(2)19(13)23-12-18(21)20-15(3)16-10-5-6-11-17(16)22-4/h5-11,15H,12H2,1-4H3,(H,20,21)/t15-/m1/s1. The Morgan fingerprint density at radius 1 is 1.09 bits per heavy atom. The fourth-order valence-electron chi connectivity index (χ4n) is 2.55. The highest BCUT2D eigenvalue weighted by Gasteiger charge is 2.14. The van der Waals surface area contributed by atoms with Gasteiger partial charge in [-0.1, -0.05) is 36.4 Å². The third kappa shape index (κ3) is 4.25. The van der Waals surface area contributed by atoms with Crippen LogP contribution in [0.2, 0.25) is 0 Å². The van der Waals surface area contributed by atoms with E-state index in [1.807, 2.05) is 63.2 Å². The summed E-state index contributed by atoms with van der Waals surface area (Å²) in [5.41, 5.74) is 2.99. The Morgan fingerprint density at radius 2 is 1.74 bits per heavy atom. The summed E-state index contributed by atoms with van der Waals surface area (Å²) >= 11 is 0. The van der Waals surface area contributed by atoms with Crippen molar-refractivity contribution < 1.29 is 14.3 Å². The molecule has 0 fully saturated rings. The van der Waals surface area contributed by atoms with Gasteiger partial charge in [0.2, 0.25) is 0 Å². The molecule has 0 radical (unpaired) electrons. The first-order valence-electron chi connectivity index (χ1n) is 7.64. The first-order valence-corrected chi connectivity index (χ1v) is 7.64. The number of carbonyl (C=O) groups excluding carboxylic acids is 1. The minimum absolute atomic E-state index is 0.00875. The van der Waals surface area contributed by atoms with E-state index >= 15 is 0 Å². The Morgan fingerprint density at radius 3 is 2.39 bits per heavy atom. The molecule has 0 saturated heterocycles. The number of benzene rings is 2. The molecule has 122 valence electrons. The molecule has 0 heterocycles. The van der Waals surface area contributed by atoms with Gasteiger partial charge in [-0.05, 0) is 38.0 Å². The van der Waals surface area contributed by atoms with Gasteiger partial charge >= 0.3 is 0 Å². The van der Waals surface area contributed by atoms with Crippen molar-refractivity contribution in [3.63, 3.8) is 0 Å². The highest BCUT2D eigenvalue weighted by molar-refractivity contribution is 5.78.